The van der Waals surface area contributed by atoms with E-state index in [-0.39, 0.29) is 23.8 Å². The Balaban J connectivity index is 1.90. The van der Waals surface area contributed by atoms with E-state index in [1.807, 2.05) is 24.3 Å². The van der Waals surface area contributed by atoms with Crippen molar-refractivity contribution >= 4 is 34.1 Å². The van der Waals surface area contributed by atoms with Crippen molar-refractivity contribution in [1.29, 1.82) is 0 Å². The van der Waals surface area contributed by atoms with Gasteiger partial charge in [0.1, 0.15) is 5.82 Å². The first-order chi connectivity index (χ1) is 16.1. The first kappa shape index (κ1) is 25.5. The number of methoxy groups -OCH3 is 1. The monoisotopic (exact) mass is 498 g/mol. The summed E-state index contributed by atoms with van der Waals surface area (Å²) in [6, 6.07) is 9.86. The number of urea groups is 1. The highest BCUT2D eigenvalue weighted by Gasteiger charge is 2.28. The highest BCUT2D eigenvalue weighted by molar-refractivity contribution is 6.31. The van der Waals surface area contributed by atoms with E-state index in [1.165, 1.54) is 24.1 Å². The zero-order valence-corrected chi connectivity index (χ0v) is 19.2. The number of amides is 2. The van der Waals surface area contributed by atoms with Gasteiger partial charge in [-0.05, 0) is 36.6 Å². The van der Waals surface area contributed by atoms with Crippen LogP contribution in [0.1, 0.15) is 18.5 Å². The summed E-state index contributed by atoms with van der Waals surface area (Å²) in [7, 11) is 1.50. The molecule has 0 saturated carbocycles. The molecule has 0 unspecified atom stereocenters. The number of hydrogen-bond acceptors (Lipinski definition) is 4. The van der Waals surface area contributed by atoms with Crippen molar-refractivity contribution in [2.75, 3.05) is 32.1 Å². The number of hydrogen-bond donors (Lipinski definition) is 2. The van der Waals surface area contributed by atoms with Crippen LogP contribution in [-0.2, 0) is 0 Å². The molecule has 0 radical (unpaired) electrons. The van der Waals surface area contributed by atoms with E-state index in [4.69, 9.17) is 16.3 Å². The predicted octanol–water partition coefficient (Wildman–Crippen LogP) is 5.78. The molecular formula is C23H23ClF4N4O2. The third kappa shape index (κ3) is 6.27. The molecule has 1 atom stereocenters. The van der Waals surface area contributed by atoms with E-state index in [0.29, 0.717) is 11.4 Å². The van der Waals surface area contributed by atoms with Crippen LogP contribution in [0.4, 0.5) is 28.0 Å². The number of fused-ring (bicyclic) bond motifs is 1. The quantitative estimate of drug-likeness (QED) is 0.305. The van der Waals surface area contributed by atoms with Crippen molar-refractivity contribution in [3.8, 4) is 5.88 Å². The molecule has 0 aliphatic heterocycles. The second-order valence-corrected chi connectivity index (χ2v) is 7.90. The molecule has 2 N–H and O–H groups in total. The largest absolute Gasteiger partial charge is 0.481 e. The first-order valence-corrected chi connectivity index (χ1v) is 10.7. The maximum absolute atomic E-state index is 13.5. The molecule has 0 bridgehead atoms. The number of pyridine rings is 1. The SMILES string of the molecule is COc1ncc([C@H](C)N(CCNCC(F)(F)F)C(=O)Nc2ccc(F)c(Cl)c2)c2ccccc12. The number of aromatic nitrogens is 1. The van der Waals surface area contributed by atoms with Crippen LogP contribution in [0.5, 0.6) is 5.88 Å². The second kappa shape index (κ2) is 10.9. The minimum absolute atomic E-state index is 0.0433. The van der Waals surface area contributed by atoms with Gasteiger partial charge in [0.2, 0.25) is 5.88 Å². The van der Waals surface area contributed by atoms with E-state index in [1.54, 1.807) is 13.1 Å². The smallest absolute Gasteiger partial charge is 0.401 e. The maximum Gasteiger partial charge on any atom is 0.401 e. The molecule has 3 aromatic rings. The van der Waals surface area contributed by atoms with Gasteiger partial charge in [0.25, 0.3) is 0 Å². The Morgan fingerprint density at radius 1 is 1.21 bits per heavy atom. The van der Waals surface area contributed by atoms with Gasteiger partial charge in [-0.1, -0.05) is 29.8 Å². The summed E-state index contributed by atoms with van der Waals surface area (Å²) in [5, 5.41) is 6.27. The zero-order chi connectivity index (χ0) is 24.9. The van der Waals surface area contributed by atoms with Gasteiger partial charge in [-0.3, -0.25) is 0 Å². The number of carbonyl (C=O) groups excluding carboxylic acids is 1. The summed E-state index contributed by atoms with van der Waals surface area (Å²) >= 11 is 5.80. The molecule has 2 amide bonds. The average Bonchev–Trinajstić information content (AvgIpc) is 2.79. The summed E-state index contributed by atoms with van der Waals surface area (Å²) in [5.41, 5.74) is 0.925. The number of nitrogens with zero attached hydrogens (tertiary/aromatic N) is 2. The van der Waals surface area contributed by atoms with E-state index >= 15 is 0 Å². The highest BCUT2D eigenvalue weighted by Crippen LogP contribution is 2.32. The fourth-order valence-electron chi connectivity index (χ4n) is 3.52. The summed E-state index contributed by atoms with van der Waals surface area (Å²) in [5.74, 6) is -0.229. The number of benzene rings is 2. The number of halogens is 5. The van der Waals surface area contributed by atoms with Gasteiger partial charge in [-0.25, -0.2) is 14.2 Å². The molecule has 0 aliphatic rings. The fourth-order valence-corrected chi connectivity index (χ4v) is 3.70. The predicted molar refractivity (Wildman–Crippen MR) is 123 cm³/mol. The molecule has 6 nitrogen and oxygen atoms in total. The Labute approximate surface area is 198 Å². The molecule has 0 fully saturated rings. The van der Waals surface area contributed by atoms with E-state index in [2.05, 4.69) is 15.6 Å². The van der Waals surface area contributed by atoms with Crippen LogP contribution in [-0.4, -0.2) is 48.8 Å². The van der Waals surface area contributed by atoms with Crippen molar-refractivity contribution in [3.05, 3.63) is 65.1 Å². The van der Waals surface area contributed by atoms with Crippen molar-refractivity contribution in [3.63, 3.8) is 0 Å². The number of ether oxygens (including phenoxy) is 1. The Bertz CT molecular complexity index is 1160. The lowest BCUT2D eigenvalue weighted by molar-refractivity contribution is -0.124. The van der Waals surface area contributed by atoms with E-state index in [9.17, 15) is 22.4 Å². The number of alkyl halides is 3. The molecule has 0 aliphatic carbocycles. The lowest BCUT2D eigenvalue weighted by Gasteiger charge is -2.30. The lowest BCUT2D eigenvalue weighted by atomic mass is 10.0. The van der Waals surface area contributed by atoms with Crippen LogP contribution in [0.3, 0.4) is 0 Å². The maximum atomic E-state index is 13.5. The van der Waals surface area contributed by atoms with Gasteiger partial charge in [0.05, 0.1) is 24.7 Å². The molecule has 1 aromatic heterocycles. The van der Waals surface area contributed by atoms with Crippen molar-refractivity contribution in [1.82, 2.24) is 15.2 Å². The minimum atomic E-state index is -4.38. The normalized spacial score (nSPS) is 12.4. The molecule has 0 saturated heterocycles. The molecule has 11 heteroatoms. The van der Waals surface area contributed by atoms with Gasteiger partial charge in [0.15, 0.2) is 0 Å². The molecule has 0 spiro atoms. The number of rotatable bonds is 8. The Morgan fingerprint density at radius 2 is 1.91 bits per heavy atom. The third-order valence-corrected chi connectivity index (χ3v) is 5.48. The van der Waals surface area contributed by atoms with Crippen molar-refractivity contribution in [2.24, 2.45) is 0 Å². The van der Waals surface area contributed by atoms with Gasteiger partial charge >= 0.3 is 12.2 Å². The number of nitrogens with one attached hydrogen (secondary N) is 2. The van der Waals surface area contributed by atoms with Gasteiger partial charge in [0, 0.05) is 35.9 Å². The number of anilines is 1. The Hall–Kier alpha value is -3.11. The zero-order valence-electron chi connectivity index (χ0n) is 18.4. The summed E-state index contributed by atoms with van der Waals surface area (Å²) in [4.78, 5) is 18.8. The Morgan fingerprint density at radius 3 is 2.56 bits per heavy atom. The van der Waals surface area contributed by atoms with Gasteiger partial charge in [-0.2, -0.15) is 13.2 Å². The molecule has 1 heterocycles. The fraction of sp³-hybridized carbons (Fsp3) is 0.304. The van der Waals surface area contributed by atoms with Crippen LogP contribution >= 0.6 is 11.6 Å². The molecule has 2 aromatic carbocycles. The van der Waals surface area contributed by atoms with Crippen LogP contribution in [0.15, 0.2) is 48.7 Å². The molecular weight excluding hydrogens is 476 g/mol. The summed E-state index contributed by atoms with van der Waals surface area (Å²) < 4.78 is 56.4. The minimum Gasteiger partial charge on any atom is -0.481 e. The standard InChI is InChI=1S/C23H23ClF4N4O2/c1-14(18-12-30-21(34-2)17-6-4-3-5-16(17)18)32(10-9-29-13-23(26,27)28)22(33)31-15-7-8-20(25)19(24)11-15/h3-8,11-12,14,29H,9-10,13H2,1-2H3,(H,31,33)/t14-/m0/s1. The van der Waals surface area contributed by atoms with E-state index in [0.717, 1.165) is 16.8 Å². The van der Waals surface area contributed by atoms with Gasteiger partial charge in [-0.15, -0.1) is 0 Å². The average molecular weight is 499 g/mol. The van der Waals surface area contributed by atoms with Gasteiger partial charge < -0.3 is 20.3 Å². The highest BCUT2D eigenvalue weighted by atomic mass is 35.5. The second-order valence-electron chi connectivity index (χ2n) is 7.49. The Kier molecular flexibility index (Phi) is 8.16. The van der Waals surface area contributed by atoms with Crippen LogP contribution < -0.4 is 15.4 Å². The topological polar surface area (TPSA) is 66.5 Å². The van der Waals surface area contributed by atoms with E-state index < -0.39 is 30.6 Å². The van der Waals surface area contributed by atoms with Crippen molar-refractivity contribution in [2.45, 2.75) is 19.1 Å². The molecule has 34 heavy (non-hydrogen) atoms. The van der Waals surface area contributed by atoms with Crippen LogP contribution in [0.2, 0.25) is 5.02 Å². The van der Waals surface area contributed by atoms with Crippen LogP contribution in [0, 0.1) is 5.82 Å². The van der Waals surface area contributed by atoms with Crippen molar-refractivity contribution < 1.29 is 27.1 Å². The molecule has 3 rings (SSSR count). The summed E-state index contributed by atoms with van der Waals surface area (Å²) in [6.45, 7) is 0.412. The molecule has 182 valence electrons. The summed E-state index contributed by atoms with van der Waals surface area (Å²) in [6.07, 6.45) is -2.80. The third-order valence-electron chi connectivity index (χ3n) is 5.19. The number of carbonyl (C=O) groups is 1. The lowest BCUT2D eigenvalue weighted by Crippen LogP contribution is -2.42. The van der Waals surface area contributed by atoms with Crippen LogP contribution in [0.25, 0.3) is 10.8 Å². The first-order valence-electron chi connectivity index (χ1n) is 10.3.